The van der Waals surface area contributed by atoms with Crippen LogP contribution in [0.25, 0.3) is 0 Å². The summed E-state index contributed by atoms with van der Waals surface area (Å²) < 4.78 is 6.12. The lowest BCUT2D eigenvalue weighted by molar-refractivity contribution is -0.0660. The van der Waals surface area contributed by atoms with Crippen molar-refractivity contribution in [1.82, 2.24) is 0 Å². The van der Waals surface area contributed by atoms with Gasteiger partial charge < -0.3 is 9.84 Å². The summed E-state index contributed by atoms with van der Waals surface area (Å²) in [6.45, 7) is 18.5. The summed E-state index contributed by atoms with van der Waals surface area (Å²) >= 11 is 0. The predicted octanol–water partition coefficient (Wildman–Crippen LogP) is 5.04. The summed E-state index contributed by atoms with van der Waals surface area (Å²) in [5.41, 5.74) is 0.304. The van der Waals surface area contributed by atoms with Gasteiger partial charge in [0.2, 0.25) is 0 Å². The summed E-state index contributed by atoms with van der Waals surface area (Å²) in [5.74, 6) is 1.37. The van der Waals surface area contributed by atoms with Gasteiger partial charge in [0.05, 0.1) is 11.7 Å². The van der Waals surface area contributed by atoms with E-state index in [2.05, 4.69) is 48.5 Å². The summed E-state index contributed by atoms with van der Waals surface area (Å²) in [5, 5.41) is 9.36. The maximum atomic E-state index is 9.36. The number of hydrogen-bond donors (Lipinski definition) is 1. The molecular formula is C18H38O2. The zero-order chi connectivity index (χ0) is 16.0. The summed E-state index contributed by atoms with van der Waals surface area (Å²) in [7, 11) is 0. The van der Waals surface area contributed by atoms with Crippen LogP contribution in [0.5, 0.6) is 0 Å². The SMILES string of the molecule is CCC(C)(CC(CC(C)(C)C)C(C)C)OCCC(C)O. The quantitative estimate of drug-likeness (QED) is 0.643. The average Bonchev–Trinajstić information content (AvgIpc) is 2.25. The summed E-state index contributed by atoms with van der Waals surface area (Å²) in [6, 6.07) is 0. The van der Waals surface area contributed by atoms with Gasteiger partial charge in [0.15, 0.2) is 0 Å². The normalized spacial score (nSPS) is 18.9. The monoisotopic (exact) mass is 286 g/mol. The molecule has 0 spiro atoms. The van der Waals surface area contributed by atoms with Crippen LogP contribution in [0.2, 0.25) is 0 Å². The maximum absolute atomic E-state index is 9.36. The fraction of sp³-hybridized carbons (Fsp3) is 1.00. The van der Waals surface area contributed by atoms with Gasteiger partial charge in [-0.15, -0.1) is 0 Å². The molecule has 0 saturated heterocycles. The summed E-state index contributed by atoms with van der Waals surface area (Å²) in [6.07, 6.45) is 3.83. The minimum absolute atomic E-state index is 0.0604. The first-order chi connectivity index (χ1) is 8.99. The van der Waals surface area contributed by atoms with E-state index in [1.807, 2.05) is 6.92 Å². The Bertz CT molecular complexity index is 253. The number of hydrogen-bond acceptors (Lipinski definition) is 2. The largest absolute Gasteiger partial charge is 0.393 e. The first kappa shape index (κ1) is 19.9. The molecule has 0 amide bonds. The third kappa shape index (κ3) is 8.97. The van der Waals surface area contributed by atoms with Crippen LogP contribution in [0.1, 0.15) is 81.1 Å². The molecule has 122 valence electrons. The molecule has 0 bridgehead atoms. The first-order valence-corrected chi connectivity index (χ1v) is 8.31. The Morgan fingerprint density at radius 3 is 1.90 bits per heavy atom. The third-order valence-corrected chi connectivity index (χ3v) is 4.25. The number of aliphatic hydroxyl groups is 1. The van der Waals surface area contributed by atoms with Crippen molar-refractivity contribution in [3.05, 3.63) is 0 Å². The van der Waals surface area contributed by atoms with Gasteiger partial charge in [0, 0.05) is 6.61 Å². The van der Waals surface area contributed by atoms with Gasteiger partial charge in [-0.1, -0.05) is 41.5 Å². The smallest absolute Gasteiger partial charge is 0.0654 e. The highest BCUT2D eigenvalue weighted by atomic mass is 16.5. The van der Waals surface area contributed by atoms with Crippen molar-refractivity contribution in [2.45, 2.75) is 92.8 Å². The van der Waals surface area contributed by atoms with Crippen LogP contribution in [0, 0.1) is 17.3 Å². The summed E-state index contributed by atoms with van der Waals surface area (Å²) in [4.78, 5) is 0. The molecule has 0 aromatic rings. The number of ether oxygens (including phenoxy) is 1. The highest BCUT2D eigenvalue weighted by Crippen LogP contribution is 2.36. The fourth-order valence-electron chi connectivity index (χ4n) is 2.67. The Kier molecular flexibility index (Phi) is 8.35. The van der Waals surface area contributed by atoms with Gasteiger partial charge in [-0.2, -0.15) is 0 Å². The molecule has 2 nitrogen and oxygen atoms in total. The molecule has 0 aromatic carbocycles. The van der Waals surface area contributed by atoms with Crippen LogP contribution in [-0.4, -0.2) is 23.4 Å². The molecule has 0 aromatic heterocycles. The average molecular weight is 286 g/mol. The van der Waals surface area contributed by atoms with Gasteiger partial charge in [0.25, 0.3) is 0 Å². The zero-order valence-electron chi connectivity index (χ0n) is 15.1. The van der Waals surface area contributed by atoms with Crippen molar-refractivity contribution >= 4 is 0 Å². The van der Waals surface area contributed by atoms with Crippen molar-refractivity contribution in [2.75, 3.05) is 6.61 Å². The lowest BCUT2D eigenvalue weighted by Crippen LogP contribution is -2.34. The van der Waals surface area contributed by atoms with E-state index in [0.717, 1.165) is 19.3 Å². The number of aliphatic hydroxyl groups excluding tert-OH is 1. The predicted molar refractivity (Wildman–Crippen MR) is 88.0 cm³/mol. The van der Waals surface area contributed by atoms with Gasteiger partial charge in [0.1, 0.15) is 0 Å². The molecule has 0 rings (SSSR count). The molecule has 0 heterocycles. The van der Waals surface area contributed by atoms with Gasteiger partial charge in [-0.05, 0) is 56.8 Å². The maximum Gasteiger partial charge on any atom is 0.0654 e. The molecule has 0 saturated carbocycles. The van der Waals surface area contributed by atoms with Crippen LogP contribution in [0.15, 0.2) is 0 Å². The Morgan fingerprint density at radius 2 is 1.55 bits per heavy atom. The van der Waals surface area contributed by atoms with E-state index < -0.39 is 0 Å². The van der Waals surface area contributed by atoms with Gasteiger partial charge >= 0.3 is 0 Å². The van der Waals surface area contributed by atoms with Crippen LogP contribution in [-0.2, 0) is 4.74 Å². The molecule has 20 heavy (non-hydrogen) atoms. The molecule has 0 aliphatic carbocycles. The number of rotatable bonds is 9. The molecule has 2 heteroatoms. The molecule has 3 unspecified atom stereocenters. The van der Waals surface area contributed by atoms with E-state index in [0.29, 0.717) is 23.9 Å². The molecule has 0 fully saturated rings. The van der Waals surface area contributed by atoms with E-state index in [4.69, 9.17) is 4.74 Å². The zero-order valence-corrected chi connectivity index (χ0v) is 15.1. The molecule has 1 N–H and O–H groups in total. The molecule has 0 aliphatic heterocycles. The highest BCUT2D eigenvalue weighted by molar-refractivity contribution is 4.82. The Balaban J connectivity index is 4.60. The van der Waals surface area contributed by atoms with E-state index in [9.17, 15) is 5.11 Å². The fourth-order valence-corrected chi connectivity index (χ4v) is 2.67. The van der Waals surface area contributed by atoms with Crippen molar-refractivity contribution < 1.29 is 9.84 Å². The second-order valence-corrected chi connectivity index (χ2v) is 8.26. The van der Waals surface area contributed by atoms with Crippen LogP contribution < -0.4 is 0 Å². The molecular weight excluding hydrogens is 248 g/mol. The van der Waals surface area contributed by atoms with Crippen LogP contribution in [0.4, 0.5) is 0 Å². The van der Waals surface area contributed by atoms with Crippen LogP contribution >= 0.6 is 0 Å². The molecule has 0 aliphatic rings. The van der Waals surface area contributed by atoms with Gasteiger partial charge in [-0.25, -0.2) is 0 Å². The van der Waals surface area contributed by atoms with Gasteiger partial charge in [-0.3, -0.25) is 0 Å². The first-order valence-electron chi connectivity index (χ1n) is 8.31. The second-order valence-electron chi connectivity index (χ2n) is 8.26. The lowest BCUT2D eigenvalue weighted by Gasteiger charge is -2.37. The van der Waals surface area contributed by atoms with Crippen molar-refractivity contribution in [1.29, 1.82) is 0 Å². The Hall–Kier alpha value is -0.0800. The minimum atomic E-state index is -0.272. The van der Waals surface area contributed by atoms with Crippen molar-refractivity contribution in [2.24, 2.45) is 17.3 Å². The van der Waals surface area contributed by atoms with E-state index in [1.165, 1.54) is 6.42 Å². The molecule has 3 atom stereocenters. The highest BCUT2D eigenvalue weighted by Gasteiger charge is 2.31. The van der Waals surface area contributed by atoms with E-state index >= 15 is 0 Å². The molecule has 0 radical (unpaired) electrons. The Morgan fingerprint density at radius 1 is 1.00 bits per heavy atom. The Labute approximate surface area is 127 Å². The van der Waals surface area contributed by atoms with E-state index in [1.54, 1.807) is 0 Å². The minimum Gasteiger partial charge on any atom is -0.393 e. The van der Waals surface area contributed by atoms with E-state index in [-0.39, 0.29) is 11.7 Å². The topological polar surface area (TPSA) is 29.5 Å². The third-order valence-electron chi connectivity index (χ3n) is 4.25. The van der Waals surface area contributed by atoms with Crippen molar-refractivity contribution in [3.63, 3.8) is 0 Å². The lowest BCUT2D eigenvalue weighted by atomic mass is 9.74. The van der Waals surface area contributed by atoms with Crippen LogP contribution in [0.3, 0.4) is 0 Å². The van der Waals surface area contributed by atoms with Crippen molar-refractivity contribution in [3.8, 4) is 0 Å². The second kappa shape index (κ2) is 8.38. The standard InChI is InChI=1S/C18H38O2/c1-9-18(8,20-11-10-15(4)19)13-16(14(2)3)12-17(5,6)7/h14-16,19H,9-13H2,1-8H3.